The molecule has 5 heteroatoms. The van der Waals surface area contributed by atoms with Gasteiger partial charge in [0.05, 0.1) is 17.4 Å². The number of hydrogen-bond acceptors (Lipinski definition) is 3. The molecule has 1 atom stereocenters. The Morgan fingerprint density at radius 3 is 3.15 bits per heavy atom. The smallest absolute Gasteiger partial charge is 0.253 e. The van der Waals surface area contributed by atoms with Crippen molar-refractivity contribution in [2.45, 2.75) is 18.9 Å². The van der Waals surface area contributed by atoms with Gasteiger partial charge in [0, 0.05) is 25.2 Å². The summed E-state index contributed by atoms with van der Waals surface area (Å²) in [5.74, 6) is 0.0850. The number of H-pyrrole nitrogens is 1. The fraction of sp³-hybridized carbons (Fsp3) is 0.467. The number of carbonyl (C=O) groups excluding carboxylic acids is 1. The van der Waals surface area contributed by atoms with Crippen LogP contribution in [0.1, 0.15) is 23.2 Å². The number of nitrogens with zero attached hydrogens (tertiary/aromatic N) is 3. The first-order chi connectivity index (χ1) is 9.65. The number of carbonyl (C=O) groups is 1. The van der Waals surface area contributed by atoms with Crippen molar-refractivity contribution in [3.8, 4) is 0 Å². The van der Waals surface area contributed by atoms with E-state index >= 15 is 0 Å². The fourth-order valence-corrected chi connectivity index (χ4v) is 2.89. The Kier molecular flexibility index (Phi) is 3.44. The summed E-state index contributed by atoms with van der Waals surface area (Å²) < 4.78 is 0. The van der Waals surface area contributed by atoms with Crippen LogP contribution in [0.5, 0.6) is 0 Å². The van der Waals surface area contributed by atoms with Gasteiger partial charge in [-0.2, -0.15) is 0 Å². The Balaban J connectivity index is 1.79. The number of aromatic nitrogens is 2. The Bertz CT molecular complexity index is 621. The summed E-state index contributed by atoms with van der Waals surface area (Å²) in [7, 11) is 4.02. The third-order valence-corrected chi connectivity index (χ3v) is 4.13. The zero-order valence-corrected chi connectivity index (χ0v) is 12.0. The summed E-state index contributed by atoms with van der Waals surface area (Å²) in [4.78, 5) is 24.0. The highest BCUT2D eigenvalue weighted by Crippen LogP contribution is 2.18. The number of benzene rings is 1. The second kappa shape index (κ2) is 5.25. The first-order valence-corrected chi connectivity index (χ1v) is 7.04. The van der Waals surface area contributed by atoms with Crippen LogP contribution in [-0.4, -0.2) is 58.9 Å². The monoisotopic (exact) mass is 272 g/mol. The molecule has 1 aromatic carbocycles. The van der Waals surface area contributed by atoms with Gasteiger partial charge < -0.3 is 14.8 Å². The minimum absolute atomic E-state index is 0.0850. The van der Waals surface area contributed by atoms with Gasteiger partial charge in [0.25, 0.3) is 5.91 Å². The Morgan fingerprint density at radius 1 is 1.50 bits per heavy atom. The molecule has 0 radical (unpaired) electrons. The lowest BCUT2D eigenvalue weighted by Gasteiger charge is -2.35. The molecular formula is C15H20N4O. The lowest BCUT2D eigenvalue weighted by Crippen LogP contribution is -2.47. The van der Waals surface area contributed by atoms with E-state index in [9.17, 15) is 4.79 Å². The van der Waals surface area contributed by atoms with Gasteiger partial charge in [-0.05, 0) is 44.6 Å². The number of imidazole rings is 1. The predicted octanol–water partition coefficient (Wildman–Crippen LogP) is 1.73. The van der Waals surface area contributed by atoms with Crippen LogP contribution in [-0.2, 0) is 0 Å². The van der Waals surface area contributed by atoms with E-state index in [1.807, 2.05) is 30.1 Å². The normalized spacial score (nSPS) is 20.2. The molecule has 5 nitrogen and oxygen atoms in total. The topological polar surface area (TPSA) is 52.2 Å². The maximum Gasteiger partial charge on any atom is 0.253 e. The SMILES string of the molecule is CN1CCCC(N(C)C(=O)c2ccc3nc[nH]c3c2)C1. The third-order valence-electron chi connectivity index (χ3n) is 4.13. The summed E-state index contributed by atoms with van der Waals surface area (Å²) in [5, 5.41) is 0. The van der Waals surface area contributed by atoms with Crippen molar-refractivity contribution in [2.75, 3.05) is 27.2 Å². The first-order valence-electron chi connectivity index (χ1n) is 7.04. The van der Waals surface area contributed by atoms with Crippen molar-refractivity contribution in [3.05, 3.63) is 30.1 Å². The molecule has 1 saturated heterocycles. The molecule has 1 aliphatic rings. The third kappa shape index (κ3) is 2.41. The number of likely N-dealkylation sites (tertiary alicyclic amines) is 1. The van der Waals surface area contributed by atoms with Gasteiger partial charge in [0.15, 0.2) is 0 Å². The number of aromatic amines is 1. The van der Waals surface area contributed by atoms with Gasteiger partial charge in [0.1, 0.15) is 0 Å². The highest BCUT2D eigenvalue weighted by Gasteiger charge is 2.25. The van der Waals surface area contributed by atoms with Gasteiger partial charge in [-0.3, -0.25) is 4.79 Å². The fourth-order valence-electron chi connectivity index (χ4n) is 2.89. The lowest BCUT2D eigenvalue weighted by molar-refractivity contribution is 0.0644. The van der Waals surface area contributed by atoms with Crippen LogP contribution < -0.4 is 0 Å². The Morgan fingerprint density at radius 2 is 2.35 bits per heavy atom. The van der Waals surface area contributed by atoms with Crippen molar-refractivity contribution < 1.29 is 4.79 Å². The van der Waals surface area contributed by atoms with E-state index in [1.54, 1.807) is 6.33 Å². The number of likely N-dealkylation sites (N-methyl/N-ethyl adjacent to an activating group) is 2. The molecular weight excluding hydrogens is 252 g/mol. The number of piperidine rings is 1. The van der Waals surface area contributed by atoms with E-state index in [4.69, 9.17) is 0 Å². The highest BCUT2D eigenvalue weighted by atomic mass is 16.2. The van der Waals surface area contributed by atoms with Crippen molar-refractivity contribution in [1.82, 2.24) is 19.8 Å². The molecule has 0 aliphatic carbocycles. The van der Waals surface area contributed by atoms with E-state index in [0.29, 0.717) is 6.04 Å². The summed E-state index contributed by atoms with van der Waals surface area (Å²) in [6.07, 6.45) is 3.88. The second-order valence-corrected chi connectivity index (χ2v) is 5.61. The van der Waals surface area contributed by atoms with Crippen LogP contribution in [0.3, 0.4) is 0 Å². The molecule has 0 saturated carbocycles. The molecule has 1 N–H and O–H groups in total. The van der Waals surface area contributed by atoms with Crippen molar-refractivity contribution in [2.24, 2.45) is 0 Å². The zero-order chi connectivity index (χ0) is 14.1. The van der Waals surface area contributed by atoms with E-state index < -0.39 is 0 Å². The predicted molar refractivity (Wildman–Crippen MR) is 78.7 cm³/mol. The molecule has 2 heterocycles. The molecule has 1 unspecified atom stereocenters. The minimum atomic E-state index is 0.0850. The van der Waals surface area contributed by atoms with Crippen molar-refractivity contribution >= 4 is 16.9 Å². The zero-order valence-electron chi connectivity index (χ0n) is 12.0. The molecule has 106 valence electrons. The Labute approximate surface area is 118 Å². The number of amides is 1. The quantitative estimate of drug-likeness (QED) is 0.906. The largest absolute Gasteiger partial charge is 0.345 e. The Hall–Kier alpha value is -1.88. The van der Waals surface area contributed by atoms with Gasteiger partial charge in [0.2, 0.25) is 0 Å². The van der Waals surface area contributed by atoms with Crippen LogP contribution in [0.25, 0.3) is 11.0 Å². The average molecular weight is 272 g/mol. The number of fused-ring (bicyclic) bond motifs is 1. The van der Waals surface area contributed by atoms with Crippen LogP contribution in [0.2, 0.25) is 0 Å². The molecule has 20 heavy (non-hydrogen) atoms. The minimum Gasteiger partial charge on any atom is -0.345 e. The highest BCUT2D eigenvalue weighted by molar-refractivity contribution is 5.97. The van der Waals surface area contributed by atoms with Crippen molar-refractivity contribution in [3.63, 3.8) is 0 Å². The standard InChI is InChI=1S/C15H20N4O/c1-18-7-3-4-12(9-18)19(2)15(20)11-5-6-13-14(8-11)17-10-16-13/h5-6,8,10,12H,3-4,7,9H2,1-2H3,(H,16,17). The van der Waals surface area contributed by atoms with Gasteiger partial charge >= 0.3 is 0 Å². The molecule has 0 spiro atoms. The van der Waals surface area contributed by atoms with Crippen molar-refractivity contribution in [1.29, 1.82) is 0 Å². The van der Waals surface area contributed by atoms with E-state index in [0.717, 1.165) is 42.5 Å². The van der Waals surface area contributed by atoms with Crippen LogP contribution in [0.15, 0.2) is 24.5 Å². The summed E-state index contributed by atoms with van der Waals surface area (Å²) in [6, 6.07) is 5.93. The summed E-state index contributed by atoms with van der Waals surface area (Å²) >= 11 is 0. The van der Waals surface area contributed by atoms with Crippen LogP contribution >= 0.6 is 0 Å². The molecule has 1 aromatic heterocycles. The van der Waals surface area contributed by atoms with Gasteiger partial charge in [-0.25, -0.2) is 4.98 Å². The molecule has 1 fully saturated rings. The number of rotatable bonds is 2. The van der Waals surface area contributed by atoms with Crippen LogP contribution in [0, 0.1) is 0 Å². The molecule has 2 aromatic rings. The number of hydrogen-bond donors (Lipinski definition) is 1. The maximum absolute atomic E-state index is 12.6. The number of nitrogens with one attached hydrogen (secondary N) is 1. The van der Waals surface area contributed by atoms with Crippen LogP contribution in [0.4, 0.5) is 0 Å². The van der Waals surface area contributed by atoms with Gasteiger partial charge in [-0.1, -0.05) is 0 Å². The second-order valence-electron chi connectivity index (χ2n) is 5.61. The summed E-state index contributed by atoms with van der Waals surface area (Å²) in [6.45, 7) is 2.08. The average Bonchev–Trinajstić information content (AvgIpc) is 2.93. The first kappa shape index (κ1) is 13.1. The van der Waals surface area contributed by atoms with E-state index in [1.165, 1.54) is 0 Å². The molecule has 3 rings (SSSR count). The van der Waals surface area contributed by atoms with Gasteiger partial charge in [-0.15, -0.1) is 0 Å². The molecule has 1 amide bonds. The maximum atomic E-state index is 12.6. The molecule has 0 bridgehead atoms. The lowest BCUT2D eigenvalue weighted by atomic mass is 10.0. The molecule has 1 aliphatic heterocycles. The summed E-state index contributed by atoms with van der Waals surface area (Å²) in [5.41, 5.74) is 2.52. The van der Waals surface area contributed by atoms with E-state index in [-0.39, 0.29) is 5.91 Å². The van der Waals surface area contributed by atoms with E-state index in [2.05, 4.69) is 21.9 Å².